The molecule has 0 saturated heterocycles. The molecule has 0 aliphatic carbocycles. The van der Waals surface area contributed by atoms with E-state index < -0.39 is 10.0 Å². The molecule has 1 aromatic rings. The molecule has 0 amide bonds. The van der Waals surface area contributed by atoms with Crippen molar-refractivity contribution in [3.8, 4) is 0 Å². The molecule has 0 aliphatic rings. The number of nitrogens with zero attached hydrogens (tertiary/aromatic N) is 2. The van der Waals surface area contributed by atoms with Crippen LogP contribution in [0, 0.1) is 0 Å². The van der Waals surface area contributed by atoms with Gasteiger partial charge in [-0.25, -0.2) is 17.7 Å². The highest BCUT2D eigenvalue weighted by Crippen LogP contribution is 2.15. The molecule has 0 radical (unpaired) electrons. The van der Waals surface area contributed by atoms with Gasteiger partial charge < -0.3 is 5.11 Å². The summed E-state index contributed by atoms with van der Waals surface area (Å²) in [6.07, 6.45) is 1.61. The van der Waals surface area contributed by atoms with Gasteiger partial charge in [0.25, 0.3) is 0 Å². The fourth-order valence-electron chi connectivity index (χ4n) is 1.11. The summed E-state index contributed by atoms with van der Waals surface area (Å²) in [5, 5.41) is 8.88. The number of halogens is 1. The number of hydrogen-bond acceptors (Lipinski definition) is 4. The Bertz CT molecular complexity index is 433. The molecular formula is C9H13ClN2O3S. The van der Waals surface area contributed by atoms with Gasteiger partial charge in [0.1, 0.15) is 10.0 Å². The number of hydrogen-bond donors (Lipinski definition) is 1. The maximum atomic E-state index is 11.9. The summed E-state index contributed by atoms with van der Waals surface area (Å²) >= 11 is 5.57. The Hall–Kier alpha value is -0.690. The zero-order valence-electron chi connectivity index (χ0n) is 8.80. The van der Waals surface area contributed by atoms with E-state index in [0.717, 1.165) is 0 Å². The molecule has 7 heteroatoms. The van der Waals surface area contributed by atoms with Gasteiger partial charge in [-0.15, -0.1) is 0 Å². The fourth-order valence-corrected chi connectivity index (χ4v) is 2.38. The molecular weight excluding hydrogens is 252 g/mol. The van der Waals surface area contributed by atoms with Crippen LogP contribution in [0.2, 0.25) is 5.15 Å². The zero-order chi connectivity index (χ0) is 12.2. The standard InChI is InChI=1S/C9H13ClN2O3S/c1-12(5-2-6-13)16(14,15)8-3-4-9(10)11-7-8/h3-4,7,13H,2,5-6H2,1H3. The smallest absolute Gasteiger partial charge is 0.244 e. The largest absolute Gasteiger partial charge is 0.396 e. The molecule has 1 rings (SSSR count). The van der Waals surface area contributed by atoms with Crippen molar-refractivity contribution < 1.29 is 13.5 Å². The molecule has 0 aromatic carbocycles. The third-order valence-electron chi connectivity index (χ3n) is 2.04. The SMILES string of the molecule is CN(CCCO)S(=O)(=O)c1ccc(Cl)nc1. The van der Waals surface area contributed by atoms with Gasteiger partial charge in [-0.1, -0.05) is 11.6 Å². The number of rotatable bonds is 5. The lowest BCUT2D eigenvalue weighted by Crippen LogP contribution is -2.28. The summed E-state index contributed by atoms with van der Waals surface area (Å²) in [5.74, 6) is 0. The van der Waals surface area contributed by atoms with E-state index in [9.17, 15) is 8.42 Å². The summed E-state index contributed by atoms with van der Waals surface area (Å²) in [4.78, 5) is 3.81. The summed E-state index contributed by atoms with van der Waals surface area (Å²) in [6, 6.07) is 2.83. The summed E-state index contributed by atoms with van der Waals surface area (Å²) in [6.45, 7) is 0.222. The van der Waals surface area contributed by atoms with E-state index in [1.54, 1.807) is 0 Å². The summed E-state index contributed by atoms with van der Waals surface area (Å²) in [5.41, 5.74) is 0. The average Bonchev–Trinajstić information content (AvgIpc) is 2.26. The molecule has 0 spiro atoms. The number of aromatic nitrogens is 1. The predicted octanol–water partition coefficient (Wildman–Crippen LogP) is 0.738. The van der Waals surface area contributed by atoms with Gasteiger partial charge in [-0.2, -0.15) is 0 Å². The minimum Gasteiger partial charge on any atom is -0.396 e. The highest BCUT2D eigenvalue weighted by Gasteiger charge is 2.20. The minimum absolute atomic E-state index is 0.0429. The first-order chi connectivity index (χ1) is 7.48. The van der Waals surface area contributed by atoms with Crippen LogP contribution in [0.3, 0.4) is 0 Å². The normalized spacial score (nSPS) is 12.0. The maximum absolute atomic E-state index is 11.9. The van der Waals surface area contributed by atoms with Crippen molar-refractivity contribution in [3.05, 3.63) is 23.5 Å². The molecule has 5 nitrogen and oxygen atoms in total. The second kappa shape index (κ2) is 5.58. The van der Waals surface area contributed by atoms with Crippen molar-refractivity contribution in [3.63, 3.8) is 0 Å². The van der Waals surface area contributed by atoms with Crippen LogP contribution in [-0.4, -0.2) is 43.0 Å². The monoisotopic (exact) mass is 264 g/mol. The quantitative estimate of drug-likeness (QED) is 0.797. The van der Waals surface area contributed by atoms with Crippen LogP contribution in [0.5, 0.6) is 0 Å². The second-order valence-corrected chi connectivity index (χ2v) is 5.65. The fraction of sp³-hybridized carbons (Fsp3) is 0.444. The van der Waals surface area contributed by atoms with Crippen LogP contribution < -0.4 is 0 Å². The van der Waals surface area contributed by atoms with Crippen LogP contribution in [0.1, 0.15) is 6.42 Å². The Morgan fingerprint density at radius 2 is 2.19 bits per heavy atom. The number of aliphatic hydroxyl groups excluding tert-OH is 1. The van der Waals surface area contributed by atoms with Gasteiger partial charge in [0.15, 0.2) is 0 Å². The first kappa shape index (κ1) is 13.4. The van der Waals surface area contributed by atoms with E-state index in [1.165, 1.54) is 29.7 Å². The highest BCUT2D eigenvalue weighted by atomic mass is 35.5. The first-order valence-corrected chi connectivity index (χ1v) is 6.49. The van der Waals surface area contributed by atoms with Crippen molar-refractivity contribution >= 4 is 21.6 Å². The van der Waals surface area contributed by atoms with Crippen LogP contribution in [-0.2, 0) is 10.0 Å². The van der Waals surface area contributed by atoms with Gasteiger partial charge in [-0.3, -0.25) is 0 Å². The lowest BCUT2D eigenvalue weighted by molar-refractivity contribution is 0.275. The van der Waals surface area contributed by atoms with Gasteiger partial charge in [0.2, 0.25) is 10.0 Å². The molecule has 0 unspecified atom stereocenters. The third-order valence-corrected chi connectivity index (χ3v) is 4.10. The van der Waals surface area contributed by atoms with Crippen LogP contribution >= 0.6 is 11.6 Å². The van der Waals surface area contributed by atoms with Crippen molar-refractivity contribution in [1.82, 2.24) is 9.29 Å². The molecule has 90 valence electrons. The van der Waals surface area contributed by atoms with Crippen LogP contribution in [0.4, 0.5) is 0 Å². The minimum atomic E-state index is -3.53. The molecule has 0 bridgehead atoms. The Morgan fingerprint density at radius 1 is 1.50 bits per heavy atom. The van der Waals surface area contributed by atoms with Crippen molar-refractivity contribution in [2.24, 2.45) is 0 Å². The molecule has 0 atom stereocenters. The Balaban J connectivity index is 2.89. The van der Waals surface area contributed by atoms with Gasteiger partial charge in [0, 0.05) is 26.4 Å². The molecule has 0 saturated carbocycles. The number of pyridine rings is 1. The highest BCUT2D eigenvalue weighted by molar-refractivity contribution is 7.89. The Kier molecular flexibility index (Phi) is 4.67. The lowest BCUT2D eigenvalue weighted by Gasteiger charge is -2.16. The predicted molar refractivity (Wildman–Crippen MR) is 60.8 cm³/mol. The van der Waals surface area contributed by atoms with E-state index in [-0.39, 0.29) is 23.2 Å². The van der Waals surface area contributed by atoms with Gasteiger partial charge >= 0.3 is 0 Å². The number of sulfonamides is 1. The molecule has 1 N–H and O–H groups in total. The molecule has 0 aliphatic heterocycles. The van der Waals surface area contributed by atoms with E-state index in [1.807, 2.05) is 0 Å². The Labute approximate surface area is 99.7 Å². The lowest BCUT2D eigenvalue weighted by atomic mass is 10.5. The molecule has 1 aromatic heterocycles. The van der Waals surface area contributed by atoms with Crippen LogP contribution in [0.25, 0.3) is 0 Å². The molecule has 16 heavy (non-hydrogen) atoms. The summed E-state index contributed by atoms with van der Waals surface area (Å²) in [7, 11) is -2.07. The van der Waals surface area contributed by atoms with Gasteiger partial charge in [-0.05, 0) is 18.6 Å². The van der Waals surface area contributed by atoms with Crippen molar-refractivity contribution in [1.29, 1.82) is 0 Å². The van der Waals surface area contributed by atoms with E-state index >= 15 is 0 Å². The van der Waals surface area contributed by atoms with Crippen LogP contribution in [0.15, 0.2) is 23.2 Å². The molecule has 1 heterocycles. The average molecular weight is 265 g/mol. The van der Waals surface area contributed by atoms with Crippen molar-refractivity contribution in [2.75, 3.05) is 20.2 Å². The summed E-state index contributed by atoms with van der Waals surface area (Å²) < 4.78 is 25.0. The number of aliphatic hydroxyl groups is 1. The van der Waals surface area contributed by atoms with E-state index in [4.69, 9.17) is 16.7 Å². The third kappa shape index (κ3) is 3.15. The first-order valence-electron chi connectivity index (χ1n) is 4.67. The zero-order valence-corrected chi connectivity index (χ0v) is 10.4. The molecule has 0 fully saturated rings. The maximum Gasteiger partial charge on any atom is 0.244 e. The second-order valence-electron chi connectivity index (χ2n) is 3.22. The van der Waals surface area contributed by atoms with E-state index in [0.29, 0.717) is 6.42 Å². The topological polar surface area (TPSA) is 70.5 Å². The van der Waals surface area contributed by atoms with Gasteiger partial charge in [0.05, 0.1) is 0 Å². The van der Waals surface area contributed by atoms with E-state index in [2.05, 4.69) is 4.98 Å². The van der Waals surface area contributed by atoms with Crippen molar-refractivity contribution in [2.45, 2.75) is 11.3 Å². The Morgan fingerprint density at radius 3 is 2.69 bits per heavy atom.